The van der Waals surface area contributed by atoms with E-state index in [0.29, 0.717) is 25.3 Å². The van der Waals surface area contributed by atoms with Gasteiger partial charge in [0.1, 0.15) is 25.0 Å². The third-order valence-electron chi connectivity index (χ3n) is 8.36. The monoisotopic (exact) mass is 600 g/mol. The lowest BCUT2D eigenvalue weighted by Crippen LogP contribution is -2.57. The van der Waals surface area contributed by atoms with Crippen LogP contribution in [0.3, 0.4) is 0 Å². The van der Waals surface area contributed by atoms with E-state index in [-0.39, 0.29) is 31.4 Å². The van der Waals surface area contributed by atoms with Crippen LogP contribution >= 0.6 is 0 Å². The zero-order valence-electron chi connectivity index (χ0n) is 27.1. The number of nitrogens with zero attached hydrogens (tertiary/aromatic N) is 1. The highest BCUT2D eigenvalue weighted by molar-refractivity contribution is 5.91. The molecule has 1 aromatic rings. The van der Waals surface area contributed by atoms with Gasteiger partial charge in [0.2, 0.25) is 11.8 Å². The molecule has 0 spiro atoms. The molecule has 0 aliphatic carbocycles. The molecule has 0 saturated carbocycles. The zero-order valence-corrected chi connectivity index (χ0v) is 27.1. The summed E-state index contributed by atoms with van der Waals surface area (Å²) in [5.74, 6) is -0.130. The van der Waals surface area contributed by atoms with Gasteiger partial charge in [-0.25, -0.2) is 0 Å². The van der Waals surface area contributed by atoms with Crippen molar-refractivity contribution in [3.8, 4) is 5.75 Å². The van der Waals surface area contributed by atoms with Crippen molar-refractivity contribution in [2.45, 2.75) is 148 Å². The molecular formula is C36H60N2O5. The van der Waals surface area contributed by atoms with Crippen LogP contribution in [0.5, 0.6) is 5.75 Å². The molecule has 1 atom stereocenters. The molecule has 0 aromatic heterocycles. The van der Waals surface area contributed by atoms with E-state index >= 15 is 0 Å². The van der Waals surface area contributed by atoms with Crippen LogP contribution in [0.15, 0.2) is 30.3 Å². The lowest BCUT2D eigenvalue weighted by atomic mass is 10.0. The maximum absolute atomic E-state index is 12.9. The molecule has 7 heteroatoms. The smallest absolute Gasteiger partial charge is 0.308 e. The molecule has 244 valence electrons. The van der Waals surface area contributed by atoms with Crippen molar-refractivity contribution in [2.75, 3.05) is 26.3 Å². The number of amides is 2. The first-order valence-electron chi connectivity index (χ1n) is 17.5. The standard InChI is InChI=1S/C36H60N2O5/c1-2-3-4-5-6-7-8-9-10-11-12-13-14-15-16-17-18-19-23-26-34(39)38-28-27-37-36(41)33(38)31-35(40)43-30-29-42-32-24-21-20-22-25-32/h20-22,24-25,33H,2-19,23,26-31H2,1H3,(H,37,41). The summed E-state index contributed by atoms with van der Waals surface area (Å²) in [6, 6.07) is 8.50. The van der Waals surface area contributed by atoms with Crippen LogP contribution in [0.1, 0.15) is 142 Å². The second-order valence-corrected chi connectivity index (χ2v) is 12.1. The summed E-state index contributed by atoms with van der Waals surface area (Å²) in [5.41, 5.74) is 0. The van der Waals surface area contributed by atoms with E-state index in [1.165, 1.54) is 103 Å². The Kier molecular flexibility index (Phi) is 21.1. The number of hydrogen-bond acceptors (Lipinski definition) is 5. The first-order valence-corrected chi connectivity index (χ1v) is 17.5. The molecule has 1 saturated heterocycles. The fourth-order valence-corrected chi connectivity index (χ4v) is 5.76. The zero-order chi connectivity index (χ0) is 30.8. The Morgan fingerprint density at radius 2 is 1.26 bits per heavy atom. The molecule has 1 aliphatic heterocycles. The molecule has 2 rings (SSSR count). The van der Waals surface area contributed by atoms with E-state index in [2.05, 4.69) is 12.2 Å². The molecule has 43 heavy (non-hydrogen) atoms. The van der Waals surface area contributed by atoms with Gasteiger partial charge in [0.05, 0.1) is 6.42 Å². The minimum Gasteiger partial charge on any atom is -0.490 e. The lowest BCUT2D eigenvalue weighted by molar-refractivity contribution is -0.152. The summed E-state index contributed by atoms with van der Waals surface area (Å²) in [5, 5.41) is 2.77. The number of rotatable bonds is 26. The molecule has 7 nitrogen and oxygen atoms in total. The van der Waals surface area contributed by atoms with Crippen molar-refractivity contribution >= 4 is 17.8 Å². The molecule has 0 radical (unpaired) electrons. The van der Waals surface area contributed by atoms with Crippen molar-refractivity contribution < 1.29 is 23.9 Å². The normalized spacial score (nSPS) is 14.9. The number of carbonyl (C=O) groups excluding carboxylic acids is 3. The lowest BCUT2D eigenvalue weighted by Gasteiger charge is -2.34. The van der Waals surface area contributed by atoms with Crippen molar-refractivity contribution in [3.63, 3.8) is 0 Å². The summed E-state index contributed by atoms with van der Waals surface area (Å²) < 4.78 is 10.8. The summed E-state index contributed by atoms with van der Waals surface area (Å²) in [6.45, 7) is 3.45. The van der Waals surface area contributed by atoms with Gasteiger partial charge in [0, 0.05) is 19.5 Å². The van der Waals surface area contributed by atoms with Gasteiger partial charge < -0.3 is 19.7 Å². The van der Waals surface area contributed by atoms with Gasteiger partial charge in [-0.1, -0.05) is 141 Å². The summed E-state index contributed by atoms with van der Waals surface area (Å²) >= 11 is 0. The number of piperazine rings is 1. The Morgan fingerprint density at radius 3 is 1.79 bits per heavy atom. The molecule has 1 aliphatic rings. The molecule has 0 bridgehead atoms. The first kappa shape index (κ1) is 36.6. The second kappa shape index (κ2) is 24.8. The van der Waals surface area contributed by atoms with Gasteiger partial charge in [-0.3, -0.25) is 14.4 Å². The van der Waals surface area contributed by atoms with E-state index in [1.807, 2.05) is 30.3 Å². The van der Waals surface area contributed by atoms with Crippen molar-refractivity contribution in [3.05, 3.63) is 30.3 Å². The molecule has 1 fully saturated rings. The molecule has 1 aromatic carbocycles. The average Bonchev–Trinajstić information content (AvgIpc) is 3.02. The second-order valence-electron chi connectivity index (χ2n) is 12.1. The maximum Gasteiger partial charge on any atom is 0.308 e. The third-order valence-corrected chi connectivity index (χ3v) is 8.36. The number of esters is 1. The third kappa shape index (κ3) is 18.0. The number of benzene rings is 1. The Morgan fingerprint density at radius 1 is 0.744 bits per heavy atom. The molecule has 1 heterocycles. The van der Waals surface area contributed by atoms with Crippen LogP contribution in [0.2, 0.25) is 0 Å². The fraction of sp³-hybridized carbons (Fsp3) is 0.750. The number of nitrogens with one attached hydrogen (secondary N) is 1. The van der Waals surface area contributed by atoms with Gasteiger partial charge >= 0.3 is 5.97 Å². The van der Waals surface area contributed by atoms with Gasteiger partial charge in [0.25, 0.3) is 0 Å². The van der Waals surface area contributed by atoms with Crippen LogP contribution in [-0.2, 0) is 19.1 Å². The topological polar surface area (TPSA) is 84.9 Å². The van der Waals surface area contributed by atoms with Gasteiger partial charge in [-0.15, -0.1) is 0 Å². The number of carbonyl (C=O) groups is 3. The minimum atomic E-state index is -0.802. The maximum atomic E-state index is 12.9. The van der Waals surface area contributed by atoms with Crippen LogP contribution in [0, 0.1) is 0 Å². The number of hydrogen-bond donors (Lipinski definition) is 1. The summed E-state index contributed by atoms with van der Waals surface area (Å²) in [6.07, 6.45) is 25.3. The summed E-state index contributed by atoms with van der Waals surface area (Å²) in [4.78, 5) is 39.3. The largest absolute Gasteiger partial charge is 0.490 e. The molecule has 1 unspecified atom stereocenters. The highest BCUT2D eigenvalue weighted by Crippen LogP contribution is 2.17. The van der Waals surface area contributed by atoms with Crippen molar-refractivity contribution in [2.24, 2.45) is 0 Å². The highest BCUT2D eigenvalue weighted by Gasteiger charge is 2.34. The van der Waals surface area contributed by atoms with E-state index in [9.17, 15) is 14.4 Å². The predicted molar refractivity (Wildman–Crippen MR) is 174 cm³/mol. The Labute approximate surface area is 261 Å². The van der Waals surface area contributed by atoms with Gasteiger partial charge in [0.15, 0.2) is 0 Å². The first-order chi connectivity index (χ1) is 21.1. The van der Waals surface area contributed by atoms with Crippen molar-refractivity contribution in [1.82, 2.24) is 10.2 Å². The summed E-state index contributed by atoms with van der Waals surface area (Å²) in [7, 11) is 0. The van der Waals surface area contributed by atoms with Gasteiger partial charge in [-0.2, -0.15) is 0 Å². The number of para-hydroxylation sites is 1. The fourth-order valence-electron chi connectivity index (χ4n) is 5.76. The van der Waals surface area contributed by atoms with Crippen LogP contribution in [0.25, 0.3) is 0 Å². The quantitative estimate of drug-likeness (QED) is 0.0857. The van der Waals surface area contributed by atoms with Crippen LogP contribution in [0.4, 0.5) is 0 Å². The van der Waals surface area contributed by atoms with Crippen LogP contribution in [-0.4, -0.2) is 55.0 Å². The predicted octanol–water partition coefficient (Wildman–Crippen LogP) is 8.15. The molecule has 1 N–H and O–H groups in total. The van der Waals surface area contributed by atoms with E-state index < -0.39 is 12.0 Å². The van der Waals surface area contributed by atoms with E-state index in [1.54, 1.807) is 4.90 Å². The number of ether oxygens (including phenoxy) is 2. The molecular weight excluding hydrogens is 540 g/mol. The molecule has 2 amide bonds. The Balaban J connectivity index is 1.44. The van der Waals surface area contributed by atoms with Crippen molar-refractivity contribution in [1.29, 1.82) is 0 Å². The van der Waals surface area contributed by atoms with Crippen LogP contribution < -0.4 is 10.1 Å². The van der Waals surface area contributed by atoms with E-state index in [4.69, 9.17) is 9.47 Å². The Hall–Kier alpha value is -2.57. The minimum absolute atomic E-state index is 0.0490. The SMILES string of the molecule is CCCCCCCCCCCCCCCCCCCCCC(=O)N1CCNC(=O)C1CC(=O)OCCOc1ccccc1. The number of unbranched alkanes of at least 4 members (excludes halogenated alkanes) is 18. The van der Waals surface area contributed by atoms with E-state index in [0.717, 1.165) is 19.3 Å². The van der Waals surface area contributed by atoms with Gasteiger partial charge in [-0.05, 0) is 18.6 Å². The highest BCUT2D eigenvalue weighted by atomic mass is 16.6. The average molecular weight is 601 g/mol. The Bertz CT molecular complexity index is 862.